The van der Waals surface area contributed by atoms with E-state index in [0.29, 0.717) is 10.8 Å². The van der Waals surface area contributed by atoms with Crippen LogP contribution >= 0.6 is 11.3 Å². The fourth-order valence-electron chi connectivity index (χ4n) is 4.06. The van der Waals surface area contributed by atoms with Crippen LogP contribution < -0.4 is 20.1 Å². The van der Waals surface area contributed by atoms with Gasteiger partial charge in [0.05, 0.1) is 25.3 Å². The number of benzene rings is 2. The Morgan fingerprint density at radius 3 is 2.21 bits per heavy atom. The minimum Gasteiger partial charge on any atom is -0.496 e. The van der Waals surface area contributed by atoms with Crippen LogP contribution in [0.3, 0.4) is 0 Å². The average Bonchev–Trinajstić information content (AvgIpc) is 3.42. The third kappa shape index (κ3) is 7.13. The Morgan fingerprint density at radius 2 is 1.63 bits per heavy atom. The zero-order valence-electron chi connectivity index (χ0n) is 22.2. The summed E-state index contributed by atoms with van der Waals surface area (Å²) in [5, 5.41) is 20.2. The molecule has 6 heteroatoms. The number of thiophene rings is 1. The standard InChI is InChI=1S/C32H32N4OS/c1-5-7-19-36(20-8-6-2)27-15-13-26(31(21-27)37-4)14-16-28-17-18-32(38-28)29(22-33)24-9-11-25(12-10-24)30(23-34)35-3/h9-18,21H,5-8,19-20H2,1-2,4H3/b16-14+,29-24?,30-25?. The summed E-state index contributed by atoms with van der Waals surface area (Å²) in [5.41, 5.74) is 2.79. The predicted octanol–water partition coefficient (Wildman–Crippen LogP) is 6.61. The highest BCUT2D eigenvalue weighted by atomic mass is 32.1. The second kappa shape index (κ2) is 14.4. The van der Waals surface area contributed by atoms with Crippen LogP contribution in [0.2, 0.25) is 0 Å². The van der Waals surface area contributed by atoms with Gasteiger partial charge < -0.3 is 9.64 Å². The van der Waals surface area contributed by atoms with Crippen LogP contribution in [0, 0.1) is 29.2 Å². The van der Waals surface area contributed by atoms with Gasteiger partial charge in [-0.15, -0.1) is 11.3 Å². The highest BCUT2D eigenvalue weighted by Gasteiger charge is 2.10. The molecule has 5 nitrogen and oxygen atoms in total. The smallest absolute Gasteiger partial charge is 0.268 e. The van der Waals surface area contributed by atoms with Crippen LogP contribution in [-0.2, 0) is 0 Å². The molecule has 0 amide bonds. The molecular weight excluding hydrogens is 488 g/mol. The maximum absolute atomic E-state index is 9.84. The van der Waals surface area contributed by atoms with Crippen LogP contribution in [-0.4, -0.2) is 20.2 Å². The van der Waals surface area contributed by atoms with Crippen molar-refractivity contribution in [2.45, 2.75) is 39.5 Å². The van der Waals surface area contributed by atoms with E-state index in [-0.39, 0.29) is 5.70 Å². The summed E-state index contributed by atoms with van der Waals surface area (Å²) >= 11 is 1.54. The Hall–Kier alpha value is -4.31. The van der Waals surface area contributed by atoms with Gasteiger partial charge >= 0.3 is 0 Å². The highest BCUT2D eigenvalue weighted by molar-refractivity contribution is 7.14. The van der Waals surface area contributed by atoms with Crippen LogP contribution in [0.25, 0.3) is 28.3 Å². The lowest BCUT2D eigenvalue weighted by molar-refractivity contribution is 0.414. The molecule has 0 atom stereocenters. The maximum atomic E-state index is 9.84. The number of nitrogens with zero attached hydrogens (tertiary/aromatic N) is 4. The Morgan fingerprint density at radius 1 is 0.947 bits per heavy atom. The van der Waals surface area contributed by atoms with E-state index in [0.717, 1.165) is 39.4 Å². The Bertz CT molecular complexity index is 1480. The molecule has 1 heterocycles. The van der Waals surface area contributed by atoms with E-state index in [1.54, 1.807) is 31.4 Å². The molecule has 2 aromatic carbocycles. The van der Waals surface area contributed by atoms with Crippen molar-refractivity contribution in [1.29, 1.82) is 10.5 Å². The molecule has 0 unspecified atom stereocenters. The molecule has 0 saturated heterocycles. The molecule has 0 spiro atoms. The molecule has 0 aliphatic heterocycles. The first-order valence-corrected chi connectivity index (χ1v) is 13.6. The van der Waals surface area contributed by atoms with E-state index < -0.39 is 0 Å². The summed E-state index contributed by atoms with van der Waals surface area (Å²) in [4.78, 5) is 7.57. The Kier molecular flexibility index (Phi) is 10.7. The first-order chi connectivity index (χ1) is 18.6. The van der Waals surface area contributed by atoms with E-state index in [2.05, 4.69) is 47.9 Å². The number of hydrogen-bond acceptors (Lipinski definition) is 5. The van der Waals surface area contributed by atoms with Gasteiger partial charge in [0, 0.05) is 40.2 Å². The van der Waals surface area contributed by atoms with Gasteiger partial charge in [-0.05, 0) is 59.7 Å². The van der Waals surface area contributed by atoms with Crippen molar-refractivity contribution in [2.75, 3.05) is 25.1 Å². The molecule has 38 heavy (non-hydrogen) atoms. The number of nitriles is 2. The molecular formula is C32H32N4OS. The van der Waals surface area contributed by atoms with E-state index in [9.17, 15) is 5.26 Å². The van der Waals surface area contributed by atoms with E-state index in [1.807, 2.05) is 30.4 Å². The molecule has 3 aromatic rings. The summed E-state index contributed by atoms with van der Waals surface area (Å²) < 4.78 is 5.73. The van der Waals surface area contributed by atoms with Gasteiger partial charge in [-0.2, -0.15) is 5.26 Å². The lowest BCUT2D eigenvalue weighted by Crippen LogP contribution is -2.25. The van der Waals surface area contributed by atoms with Crippen molar-refractivity contribution in [3.05, 3.63) is 91.8 Å². The van der Waals surface area contributed by atoms with Crippen molar-refractivity contribution in [2.24, 2.45) is 0 Å². The van der Waals surface area contributed by atoms with Crippen LogP contribution in [0.15, 0.2) is 54.6 Å². The number of anilines is 1. The Balaban J connectivity index is 1.87. The van der Waals surface area contributed by atoms with Gasteiger partial charge in [0.1, 0.15) is 11.8 Å². The number of hydrogen-bond donors (Lipinski definition) is 0. The predicted molar refractivity (Wildman–Crippen MR) is 158 cm³/mol. The van der Waals surface area contributed by atoms with Gasteiger partial charge in [-0.1, -0.05) is 51.0 Å². The second-order valence-corrected chi connectivity index (χ2v) is 9.91. The SMILES string of the molecule is [C-]#[N+]C(C#N)=c1ccc(=C(C#N)c2ccc(/C=C/c3ccc(N(CCCC)CCCC)cc3OC)s2)cc1. The zero-order valence-corrected chi connectivity index (χ0v) is 23.0. The van der Waals surface area contributed by atoms with Gasteiger partial charge in [0.2, 0.25) is 0 Å². The molecule has 0 radical (unpaired) electrons. The minimum atomic E-state index is 0.0386. The Labute approximate surface area is 229 Å². The first kappa shape index (κ1) is 28.3. The first-order valence-electron chi connectivity index (χ1n) is 12.8. The molecule has 0 saturated carbocycles. The van der Waals surface area contributed by atoms with Crippen molar-refractivity contribution in [3.8, 4) is 17.9 Å². The summed E-state index contributed by atoms with van der Waals surface area (Å²) in [5.74, 6) is 0.839. The number of ether oxygens (including phenoxy) is 1. The van der Waals surface area contributed by atoms with Crippen LogP contribution in [0.4, 0.5) is 5.69 Å². The minimum absolute atomic E-state index is 0.0386. The third-order valence-corrected chi connectivity index (χ3v) is 7.29. The topological polar surface area (TPSA) is 64.4 Å². The van der Waals surface area contributed by atoms with Crippen molar-refractivity contribution >= 4 is 40.4 Å². The van der Waals surface area contributed by atoms with Crippen molar-refractivity contribution < 1.29 is 4.74 Å². The lowest BCUT2D eigenvalue weighted by atomic mass is 10.1. The molecule has 0 aliphatic carbocycles. The van der Waals surface area contributed by atoms with Crippen molar-refractivity contribution in [3.63, 3.8) is 0 Å². The maximum Gasteiger partial charge on any atom is 0.268 e. The summed E-state index contributed by atoms with van der Waals surface area (Å²) in [6.07, 6.45) is 8.76. The summed E-state index contributed by atoms with van der Waals surface area (Å²) in [7, 11) is 1.71. The number of rotatable bonds is 11. The average molecular weight is 521 g/mol. The largest absolute Gasteiger partial charge is 0.496 e. The van der Waals surface area contributed by atoms with E-state index in [1.165, 1.54) is 42.7 Å². The molecule has 0 fully saturated rings. The molecule has 1 aromatic heterocycles. The summed E-state index contributed by atoms with van der Waals surface area (Å²) in [6, 6.07) is 21.5. The van der Waals surface area contributed by atoms with E-state index in [4.69, 9.17) is 16.6 Å². The fraction of sp³-hybridized carbons (Fsp3) is 0.281. The fourth-order valence-corrected chi connectivity index (χ4v) is 4.99. The van der Waals surface area contributed by atoms with Gasteiger partial charge in [0.15, 0.2) is 0 Å². The molecule has 3 rings (SSSR count). The van der Waals surface area contributed by atoms with Crippen LogP contribution in [0.5, 0.6) is 5.75 Å². The molecule has 0 bridgehead atoms. The van der Waals surface area contributed by atoms with Gasteiger partial charge in [0.25, 0.3) is 5.70 Å². The highest BCUT2D eigenvalue weighted by Crippen LogP contribution is 2.29. The van der Waals surface area contributed by atoms with E-state index >= 15 is 0 Å². The lowest BCUT2D eigenvalue weighted by Gasteiger charge is -2.25. The third-order valence-electron chi connectivity index (χ3n) is 6.22. The quantitative estimate of drug-likeness (QED) is 0.267. The number of methoxy groups -OCH3 is 1. The zero-order chi connectivity index (χ0) is 27.3. The number of unbranched alkanes of at least 4 members (excludes halogenated alkanes) is 2. The summed E-state index contributed by atoms with van der Waals surface area (Å²) in [6.45, 7) is 13.6. The molecule has 192 valence electrons. The molecule has 0 N–H and O–H groups in total. The van der Waals surface area contributed by atoms with Gasteiger partial charge in [-0.25, -0.2) is 10.1 Å². The van der Waals surface area contributed by atoms with Crippen molar-refractivity contribution in [1.82, 2.24) is 0 Å². The van der Waals surface area contributed by atoms with Crippen LogP contribution in [0.1, 0.15) is 54.8 Å². The monoisotopic (exact) mass is 520 g/mol. The van der Waals surface area contributed by atoms with Gasteiger partial charge in [-0.3, -0.25) is 0 Å². The normalized spacial score (nSPS) is 10.4. The molecule has 0 aliphatic rings. The second-order valence-electron chi connectivity index (χ2n) is 8.79.